The van der Waals surface area contributed by atoms with Crippen molar-refractivity contribution in [3.8, 4) is 0 Å². The zero-order valence-electron chi connectivity index (χ0n) is 22.7. The van der Waals surface area contributed by atoms with Crippen LogP contribution in [0.4, 0.5) is 8.78 Å². The first-order chi connectivity index (χ1) is 18.3. The topological polar surface area (TPSA) is 28.2 Å². The molecule has 1 heterocycles. The van der Waals surface area contributed by atoms with Crippen LogP contribution in [0.3, 0.4) is 0 Å². The second-order valence-corrected chi connectivity index (χ2v) is 10.1. The van der Waals surface area contributed by atoms with Gasteiger partial charge in [0.1, 0.15) is 11.6 Å². The molecule has 198 valence electrons. The third-order valence-electron chi connectivity index (χ3n) is 7.09. The SMILES string of the molecule is C=C(/C=C/CNCCCc1cc(F)c(C2=C(c3ccc(F)cc3C)CCCc3ccccc32)cn1)N(C)C. The highest BCUT2D eigenvalue weighted by Crippen LogP contribution is 2.41. The Kier molecular flexibility index (Phi) is 9.24. The minimum Gasteiger partial charge on any atom is -0.378 e. The van der Waals surface area contributed by atoms with E-state index in [-0.39, 0.29) is 11.6 Å². The summed E-state index contributed by atoms with van der Waals surface area (Å²) in [6, 6.07) is 14.7. The number of halogens is 2. The Hall–Kier alpha value is -3.57. The highest BCUT2D eigenvalue weighted by atomic mass is 19.1. The predicted molar refractivity (Wildman–Crippen MR) is 154 cm³/mol. The van der Waals surface area contributed by atoms with Crippen LogP contribution in [0, 0.1) is 18.6 Å². The normalized spacial score (nSPS) is 13.5. The Labute approximate surface area is 225 Å². The number of nitrogens with zero attached hydrogens (tertiary/aromatic N) is 2. The monoisotopic (exact) mass is 513 g/mol. The van der Waals surface area contributed by atoms with Crippen LogP contribution in [0.2, 0.25) is 0 Å². The molecule has 0 saturated carbocycles. The summed E-state index contributed by atoms with van der Waals surface area (Å²) in [5, 5.41) is 3.38. The van der Waals surface area contributed by atoms with Crippen LogP contribution in [0.15, 0.2) is 79.2 Å². The summed E-state index contributed by atoms with van der Waals surface area (Å²) in [6.07, 6.45) is 9.94. The van der Waals surface area contributed by atoms with E-state index in [2.05, 4.69) is 29.0 Å². The van der Waals surface area contributed by atoms with E-state index in [0.717, 1.165) is 78.0 Å². The van der Waals surface area contributed by atoms with E-state index in [1.54, 1.807) is 18.3 Å². The van der Waals surface area contributed by atoms with Crippen LogP contribution in [-0.2, 0) is 12.8 Å². The summed E-state index contributed by atoms with van der Waals surface area (Å²) >= 11 is 0. The van der Waals surface area contributed by atoms with Gasteiger partial charge in [-0.1, -0.05) is 43.0 Å². The standard InChI is InChI=1S/C33H37F2N3/c1-23-20-26(34)16-17-28(23)30-15-7-12-25-11-5-6-14-29(25)33(30)31-22-37-27(21-32(31)35)13-9-19-36-18-8-10-24(2)38(3)4/h5-6,8,10-11,14,16-17,20-22,36H,2,7,9,12-13,15,18-19H2,1,3-4H3/b10-8+. The first-order valence-corrected chi connectivity index (χ1v) is 13.3. The zero-order valence-corrected chi connectivity index (χ0v) is 22.7. The molecule has 5 heteroatoms. The predicted octanol–water partition coefficient (Wildman–Crippen LogP) is 7.12. The average Bonchev–Trinajstić information content (AvgIpc) is 3.07. The van der Waals surface area contributed by atoms with Crippen LogP contribution in [0.25, 0.3) is 11.1 Å². The van der Waals surface area contributed by atoms with Crippen LogP contribution in [-0.4, -0.2) is 37.1 Å². The summed E-state index contributed by atoms with van der Waals surface area (Å²) in [5.41, 5.74) is 8.19. The largest absolute Gasteiger partial charge is 0.378 e. The molecule has 0 aliphatic heterocycles. The van der Waals surface area contributed by atoms with Crippen LogP contribution in [0.5, 0.6) is 0 Å². The maximum absolute atomic E-state index is 15.8. The zero-order chi connectivity index (χ0) is 27.1. The lowest BCUT2D eigenvalue weighted by molar-refractivity contribution is 0.532. The number of benzene rings is 2. The molecule has 0 bridgehead atoms. The number of hydrogen-bond acceptors (Lipinski definition) is 3. The number of pyridine rings is 1. The van der Waals surface area contributed by atoms with E-state index < -0.39 is 0 Å². The molecule has 1 aromatic heterocycles. The van der Waals surface area contributed by atoms with Crippen molar-refractivity contribution in [3.05, 3.63) is 124 Å². The molecule has 0 fully saturated rings. The van der Waals surface area contributed by atoms with Gasteiger partial charge in [-0.05, 0) is 103 Å². The molecule has 38 heavy (non-hydrogen) atoms. The fourth-order valence-corrected chi connectivity index (χ4v) is 4.98. The smallest absolute Gasteiger partial charge is 0.134 e. The molecular weight excluding hydrogens is 476 g/mol. The van der Waals surface area contributed by atoms with Gasteiger partial charge in [-0.25, -0.2) is 8.78 Å². The fourth-order valence-electron chi connectivity index (χ4n) is 4.98. The lowest BCUT2D eigenvalue weighted by atomic mass is 9.86. The van der Waals surface area contributed by atoms with Crippen molar-refractivity contribution in [3.63, 3.8) is 0 Å². The molecule has 0 radical (unpaired) electrons. The van der Waals surface area contributed by atoms with Crippen molar-refractivity contribution in [1.82, 2.24) is 15.2 Å². The number of likely N-dealkylation sites (N-methyl/N-ethyl adjacent to an activating group) is 1. The molecule has 1 aliphatic carbocycles. The van der Waals surface area contributed by atoms with Gasteiger partial charge in [0, 0.05) is 43.8 Å². The molecule has 3 aromatic rings. The second kappa shape index (κ2) is 12.8. The second-order valence-electron chi connectivity index (χ2n) is 10.1. The van der Waals surface area contributed by atoms with Crippen molar-refractivity contribution in [2.45, 2.75) is 39.0 Å². The van der Waals surface area contributed by atoms with Crippen molar-refractivity contribution >= 4 is 11.1 Å². The van der Waals surface area contributed by atoms with Gasteiger partial charge < -0.3 is 10.2 Å². The van der Waals surface area contributed by atoms with Gasteiger partial charge in [0.15, 0.2) is 0 Å². The molecule has 4 rings (SSSR count). The van der Waals surface area contributed by atoms with Gasteiger partial charge in [-0.15, -0.1) is 0 Å². The summed E-state index contributed by atoms with van der Waals surface area (Å²) < 4.78 is 29.7. The van der Waals surface area contributed by atoms with Gasteiger partial charge >= 0.3 is 0 Å². The molecule has 0 atom stereocenters. The molecule has 2 aromatic carbocycles. The van der Waals surface area contributed by atoms with Crippen molar-refractivity contribution in [2.24, 2.45) is 0 Å². The number of hydrogen-bond donors (Lipinski definition) is 1. The fraction of sp³-hybridized carbons (Fsp3) is 0.303. The van der Waals surface area contributed by atoms with Crippen molar-refractivity contribution in [2.75, 3.05) is 27.2 Å². The third kappa shape index (κ3) is 6.65. The van der Waals surface area contributed by atoms with Crippen molar-refractivity contribution < 1.29 is 8.78 Å². The minimum absolute atomic E-state index is 0.260. The lowest BCUT2D eigenvalue weighted by Gasteiger charge is -2.18. The number of allylic oxidation sites excluding steroid dienone is 2. The van der Waals surface area contributed by atoms with E-state index in [1.165, 1.54) is 11.6 Å². The Morgan fingerprint density at radius 1 is 1.05 bits per heavy atom. The quantitative estimate of drug-likeness (QED) is 0.231. The molecule has 3 nitrogen and oxygen atoms in total. The summed E-state index contributed by atoms with van der Waals surface area (Å²) in [6.45, 7) is 7.46. The lowest BCUT2D eigenvalue weighted by Crippen LogP contribution is -2.16. The summed E-state index contributed by atoms with van der Waals surface area (Å²) in [5.74, 6) is -0.527. The van der Waals surface area contributed by atoms with Gasteiger partial charge in [0.05, 0.1) is 0 Å². The first kappa shape index (κ1) is 27.5. The molecule has 1 N–H and O–H groups in total. The Balaban J connectivity index is 1.56. The van der Waals surface area contributed by atoms with Crippen LogP contribution < -0.4 is 5.32 Å². The summed E-state index contributed by atoms with van der Waals surface area (Å²) in [7, 11) is 3.93. The third-order valence-corrected chi connectivity index (χ3v) is 7.09. The van der Waals surface area contributed by atoms with Gasteiger partial charge in [0.2, 0.25) is 0 Å². The van der Waals surface area contributed by atoms with Crippen LogP contribution in [0.1, 0.15) is 52.8 Å². The van der Waals surface area contributed by atoms with Gasteiger partial charge in [-0.3, -0.25) is 4.98 Å². The number of aromatic nitrogens is 1. The maximum atomic E-state index is 15.8. The van der Waals surface area contributed by atoms with E-state index >= 15 is 4.39 Å². The number of aryl methyl sites for hydroxylation is 3. The molecule has 1 aliphatic rings. The highest BCUT2D eigenvalue weighted by molar-refractivity contribution is 6.00. The van der Waals surface area contributed by atoms with Crippen molar-refractivity contribution in [1.29, 1.82) is 0 Å². The van der Waals surface area contributed by atoms with Gasteiger partial charge in [-0.2, -0.15) is 0 Å². The molecule has 0 unspecified atom stereocenters. The number of rotatable bonds is 10. The summed E-state index contributed by atoms with van der Waals surface area (Å²) in [4.78, 5) is 6.63. The van der Waals surface area contributed by atoms with E-state index in [1.807, 2.05) is 56.3 Å². The Morgan fingerprint density at radius 2 is 1.87 bits per heavy atom. The van der Waals surface area contributed by atoms with E-state index in [0.29, 0.717) is 12.0 Å². The Bertz CT molecular complexity index is 1350. The molecule has 0 saturated heterocycles. The average molecular weight is 514 g/mol. The highest BCUT2D eigenvalue weighted by Gasteiger charge is 2.23. The maximum Gasteiger partial charge on any atom is 0.134 e. The Morgan fingerprint density at radius 3 is 2.63 bits per heavy atom. The van der Waals surface area contributed by atoms with E-state index in [4.69, 9.17) is 0 Å². The van der Waals surface area contributed by atoms with E-state index in [9.17, 15) is 4.39 Å². The first-order valence-electron chi connectivity index (χ1n) is 13.3. The molecule has 0 spiro atoms. The van der Waals surface area contributed by atoms with Crippen LogP contribution >= 0.6 is 0 Å². The molecule has 0 amide bonds. The van der Waals surface area contributed by atoms with Gasteiger partial charge in [0.25, 0.3) is 0 Å². The number of fused-ring (bicyclic) bond motifs is 1. The molecular formula is C33H37F2N3. The minimum atomic E-state index is -0.267. The number of nitrogens with one attached hydrogen (secondary N) is 1.